The lowest BCUT2D eigenvalue weighted by molar-refractivity contribution is 0.626. The van der Waals surface area contributed by atoms with E-state index in [0.717, 1.165) is 17.1 Å². The van der Waals surface area contributed by atoms with Crippen LogP contribution < -0.4 is 5.32 Å². The molecule has 2 nitrogen and oxygen atoms in total. The number of pyridine rings is 1. The van der Waals surface area contributed by atoms with Crippen LogP contribution in [0.25, 0.3) is 0 Å². The van der Waals surface area contributed by atoms with Crippen molar-refractivity contribution in [2.24, 2.45) is 0 Å². The minimum absolute atomic E-state index is 0.0948. The molecule has 3 heteroatoms. The molecule has 1 heterocycles. The van der Waals surface area contributed by atoms with Crippen LogP contribution >= 0.6 is 11.6 Å². The third-order valence-corrected chi connectivity index (χ3v) is 3.36. The van der Waals surface area contributed by atoms with Crippen molar-refractivity contribution in [2.45, 2.75) is 19.9 Å². The highest BCUT2D eigenvalue weighted by molar-refractivity contribution is 6.31. The lowest BCUT2D eigenvalue weighted by Crippen LogP contribution is -2.23. The Morgan fingerprint density at radius 1 is 1.22 bits per heavy atom. The molecule has 0 aliphatic heterocycles. The van der Waals surface area contributed by atoms with E-state index in [1.165, 1.54) is 11.1 Å². The maximum atomic E-state index is 6.30. The van der Waals surface area contributed by atoms with Crippen LogP contribution in [-0.2, 0) is 0 Å². The molecule has 1 atom stereocenters. The van der Waals surface area contributed by atoms with E-state index in [1.807, 2.05) is 36.7 Å². The van der Waals surface area contributed by atoms with E-state index in [4.69, 9.17) is 11.6 Å². The number of nitrogens with one attached hydrogen (secondary N) is 1. The Kier molecular flexibility index (Phi) is 4.34. The van der Waals surface area contributed by atoms with Gasteiger partial charge in [0.15, 0.2) is 0 Å². The molecule has 0 bridgehead atoms. The van der Waals surface area contributed by atoms with Crippen LogP contribution in [0.3, 0.4) is 0 Å². The van der Waals surface area contributed by atoms with Crippen molar-refractivity contribution in [3.8, 4) is 0 Å². The summed E-state index contributed by atoms with van der Waals surface area (Å²) in [5.74, 6) is 0. The average Bonchev–Trinajstić information content (AvgIpc) is 2.38. The first-order chi connectivity index (χ1) is 8.74. The normalized spacial score (nSPS) is 12.4. The molecule has 0 saturated carbocycles. The van der Waals surface area contributed by atoms with E-state index in [0.29, 0.717) is 0 Å². The first-order valence-electron chi connectivity index (χ1n) is 6.12. The lowest BCUT2D eigenvalue weighted by atomic mass is 9.96. The fraction of sp³-hybridized carbons (Fsp3) is 0.267. The van der Waals surface area contributed by atoms with Gasteiger partial charge in [-0.1, -0.05) is 36.7 Å². The van der Waals surface area contributed by atoms with Gasteiger partial charge in [-0.3, -0.25) is 4.98 Å². The number of nitrogens with zero attached hydrogens (tertiary/aromatic N) is 1. The van der Waals surface area contributed by atoms with Crippen molar-refractivity contribution in [1.29, 1.82) is 0 Å². The van der Waals surface area contributed by atoms with Crippen LogP contribution in [0.2, 0.25) is 5.02 Å². The van der Waals surface area contributed by atoms with E-state index >= 15 is 0 Å². The molecule has 0 amide bonds. The number of hydrogen-bond donors (Lipinski definition) is 1. The highest BCUT2D eigenvalue weighted by Crippen LogP contribution is 2.29. The second-order valence-corrected chi connectivity index (χ2v) is 4.65. The van der Waals surface area contributed by atoms with Gasteiger partial charge in [0.05, 0.1) is 6.04 Å². The van der Waals surface area contributed by atoms with Gasteiger partial charge in [0.1, 0.15) is 0 Å². The zero-order valence-electron chi connectivity index (χ0n) is 10.7. The van der Waals surface area contributed by atoms with Crippen molar-refractivity contribution >= 4 is 11.6 Å². The van der Waals surface area contributed by atoms with Gasteiger partial charge in [0, 0.05) is 17.4 Å². The molecule has 0 aliphatic carbocycles. The number of aromatic nitrogens is 1. The molecular weight excluding hydrogens is 244 g/mol. The molecule has 0 aliphatic rings. The van der Waals surface area contributed by atoms with Gasteiger partial charge < -0.3 is 5.32 Å². The highest BCUT2D eigenvalue weighted by Gasteiger charge is 2.17. The van der Waals surface area contributed by atoms with E-state index < -0.39 is 0 Å². The molecule has 0 radical (unpaired) electrons. The molecular formula is C15H17ClN2. The monoisotopic (exact) mass is 260 g/mol. The number of aryl methyl sites for hydroxylation is 1. The summed E-state index contributed by atoms with van der Waals surface area (Å²) in [5.41, 5.74) is 3.49. The predicted molar refractivity (Wildman–Crippen MR) is 75.9 cm³/mol. The lowest BCUT2D eigenvalue weighted by Gasteiger charge is -2.21. The zero-order valence-corrected chi connectivity index (χ0v) is 11.4. The quantitative estimate of drug-likeness (QED) is 0.906. The van der Waals surface area contributed by atoms with Crippen molar-refractivity contribution < 1.29 is 0 Å². The molecule has 18 heavy (non-hydrogen) atoms. The second-order valence-electron chi connectivity index (χ2n) is 4.24. The Labute approximate surface area is 113 Å². The summed E-state index contributed by atoms with van der Waals surface area (Å²) in [7, 11) is 0. The summed E-state index contributed by atoms with van der Waals surface area (Å²) in [4.78, 5) is 4.22. The van der Waals surface area contributed by atoms with Crippen LogP contribution in [0.1, 0.15) is 29.7 Å². The molecule has 1 unspecified atom stereocenters. The topological polar surface area (TPSA) is 24.9 Å². The third-order valence-electron chi connectivity index (χ3n) is 3.02. The largest absolute Gasteiger partial charge is 0.306 e. The molecule has 0 fully saturated rings. The van der Waals surface area contributed by atoms with E-state index in [1.54, 1.807) is 0 Å². The van der Waals surface area contributed by atoms with Crippen molar-refractivity contribution in [2.75, 3.05) is 6.54 Å². The Hall–Kier alpha value is -1.38. The first kappa shape index (κ1) is 13.1. The Morgan fingerprint density at radius 3 is 2.67 bits per heavy atom. The minimum atomic E-state index is 0.0948. The summed E-state index contributed by atoms with van der Waals surface area (Å²) >= 11 is 6.30. The molecule has 1 N–H and O–H groups in total. The summed E-state index contributed by atoms with van der Waals surface area (Å²) in [5, 5.41) is 4.26. The highest BCUT2D eigenvalue weighted by atomic mass is 35.5. The fourth-order valence-electron chi connectivity index (χ4n) is 2.08. The zero-order chi connectivity index (χ0) is 13.0. The third kappa shape index (κ3) is 2.71. The molecule has 2 rings (SSSR count). The van der Waals surface area contributed by atoms with E-state index in [-0.39, 0.29) is 6.04 Å². The van der Waals surface area contributed by atoms with E-state index in [9.17, 15) is 0 Å². The van der Waals surface area contributed by atoms with Crippen LogP contribution in [0, 0.1) is 6.92 Å². The number of rotatable bonds is 4. The Bertz CT molecular complexity index is 480. The average molecular weight is 261 g/mol. The molecule has 1 aromatic heterocycles. The van der Waals surface area contributed by atoms with Crippen molar-refractivity contribution in [3.05, 3.63) is 64.4 Å². The molecule has 94 valence electrons. The van der Waals surface area contributed by atoms with Gasteiger partial charge in [0.2, 0.25) is 0 Å². The smallest absolute Gasteiger partial charge is 0.0609 e. The number of hydrogen-bond acceptors (Lipinski definition) is 2. The summed E-state index contributed by atoms with van der Waals surface area (Å²) in [6.07, 6.45) is 3.72. The maximum Gasteiger partial charge on any atom is 0.0609 e. The molecule has 0 saturated heterocycles. The first-order valence-corrected chi connectivity index (χ1v) is 6.50. The maximum absolute atomic E-state index is 6.30. The van der Waals surface area contributed by atoms with Crippen LogP contribution in [-0.4, -0.2) is 11.5 Å². The van der Waals surface area contributed by atoms with Crippen LogP contribution in [0.5, 0.6) is 0 Å². The molecule has 2 aromatic rings. The van der Waals surface area contributed by atoms with Gasteiger partial charge in [-0.05, 0) is 42.3 Å². The van der Waals surface area contributed by atoms with Gasteiger partial charge >= 0.3 is 0 Å². The number of benzene rings is 1. The van der Waals surface area contributed by atoms with Gasteiger partial charge in [-0.2, -0.15) is 0 Å². The SMILES string of the molecule is CCNC(c1cnccc1C)c1ccccc1Cl. The van der Waals surface area contributed by atoms with Crippen LogP contribution in [0.4, 0.5) is 0 Å². The number of halogens is 1. The molecule has 0 spiro atoms. The summed E-state index contributed by atoms with van der Waals surface area (Å²) < 4.78 is 0. The molecule has 1 aromatic carbocycles. The van der Waals surface area contributed by atoms with Crippen LogP contribution in [0.15, 0.2) is 42.7 Å². The van der Waals surface area contributed by atoms with E-state index in [2.05, 4.69) is 30.2 Å². The standard InChI is InChI=1S/C15H17ClN2/c1-3-18-15(12-6-4-5-7-14(12)16)13-10-17-9-8-11(13)2/h4-10,15,18H,3H2,1-2H3. The van der Waals surface area contributed by atoms with Crippen molar-refractivity contribution in [1.82, 2.24) is 10.3 Å². The summed E-state index contributed by atoms with van der Waals surface area (Å²) in [6.45, 7) is 5.07. The van der Waals surface area contributed by atoms with Crippen molar-refractivity contribution in [3.63, 3.8) is 0 Å². The predicted octanol–water partition coefficient (Wildman–Crippen LogP) is 3.74. The van der Waals surface area contributed by atoms with Gasteiger partial charge in [-0.15, -0.1) is 0 Å². The Morgan fingerprint density at radius 2 is 2.00 bits per heavy atom. The second kappa shape index (κ2) is 5.98. The minimum Gasteiger partial charge on any atom is -0.306 e. The van der Waals surface area contributed by atoms with Gasteiger partial charge in [0.25, 0.3) is 0 Å². The summed E-state index contributed by atoms with van der Waals surface area (Å²) in [6, 6.07) is 10.1. The van der Waals surface area contributed by atoms with Gasteiger partial charge in [-0.25, -0.2) is 0 Å². The Balaban J connectivity index is 2.47. The fourth-order valence-corrected chi connectivity index (χ4v) is 2.32.